The van der Waals surface area contributed by atoms with E-state index < -0.39 is 5.97 Å². The number of esters is 1. The number of thiophene rings is 1. The molecule has 0 amide bonds. The molecule has 0 spiro atoms. The molecule has 0 N–H and O–H groups in total. The Hall–Kier alpha value is -2.78. The van der Waals surface area contributed by atoms with Crippen LogP contribution in [-0.2, 0) is 16.1 Å². The van der Waals surface area contributed by atoms with Gasteiger partial charge in [0.25, 0.3) is 5.56 Å². The number of aryl methyl sites for hydroxylation is 1. The molecule has 0 saturated heterocycles. The lowest BCUT2D eigenvalue weighted by molar-refractivity contribution is -0.141. The fraction of sp³-hybridized carbons (Fsp3) is 0.167. The summed E-state index contributed by atoms with van der Waals surface area (Å²) in [5.74, 6) is -0.277. The maximum atomic E-state index is 12.2. The van der Waals surface area contributed by atoms with E-state index in [-0.39, 0.29) is 17.9 Å². The minimum atomic E-state index is -0.395. The Labute approximate surface area is 162 Å². The summed E-state index contributed by atoms with van der Waals surface area (Å²) in [6, 6.07) is 6.95. The largest absolute Gasteiger partial charge is 0.459 e. The Morgan fingerprint density at radius 2 is 2.19 bits per heavy atom. The van der Waals surface area contributed by atoms with E-state index in [9.17, 15) is 9.59 Å². The van der Waals surface area contributed by atoms with Crippen LogP contribution in [0.4, 0.5) is 0 Å². The van der Waals surface area contributed by atoms with Crippen molar-refractivity contribution < 1.29 is 9.53 Å². The first-order valence-corrected chi connectivity index (χ1v) is 9.92. The fourth-order valence-corrected chi connectivity index (χ4v) is 4.11. The van der Waals surface area contributed by atoms with Gasteiger partial charge in [-0.2, -0.15) is 0 Å². The summed E-state index contributed by atoms with van der Waals surface area (Å²) in [6.07, 6.45) is 3.21. The highest BCUT2D eigenvalue weighted by Gasteiger charge is 2.11. The van der Waals surface area contributed by atoms with Gasteiger partial charge in [-0.05, 0) is 30.0 Å². The Balaban J connectivity index is 1.40. The highest BCUT2D eigenvalue weighted by atomic mass is 32.2. The van der Waals surface area contributed by atoms with Crippen LogP contribution in [0.1, 0.15) is 11.3 Å². The molecule has 136 valence electrons. The van der Waals surface area contributed by atoms with Crippen LogP contribution in [0.5, 0.6) is 0 Å². The molecule has 4 aromatic rings. The number of aromatic nitrogens is 4. The van der Waals surface area contributed by atoms with Crippen LogP contribution in [0, 0.1) is 6.92 Å². The third-order valence-electron chi connectivity index (χ3n) is 3.79. The second-order valence-corrected chi connectivity index (χ2v) is 7.65. The predicted molar refractivity (Wildman–Crippen MR) is 104 cm³/mol. The van der Waals surface area contributed by atoms with Crippen molar-refractivity contribution in [2.75, 3.05) is 5.75 Å². The molecule has 0 aliphatic heterocycles. The summed E-state index contributed by atoms with van der Waals surface area (Å²) in [6.45, 7) is 1.86. The van der Waals surface area contributed by atoms with E-state index in [1.165, 1.54) is 39.9 Å². The van der Waals surface area contributed by atoms with Crippen molar-refractivity contribution in [2.24, 2.45) is 0 Å². The number of carbonyl (C=O) groups excluding carboxylic acids is 1. The Morgan fingerprint density at radius 1 is 1.30 bits per heavy atom. The van der Waals surface area contributed by atoms with Gasteiger partial charge in [0.15, 0.2) is 0 Å². The quantitative estimate of drug-likeness (QED) is 0.290. The Kier molecular flexibility index (Phi) is 4.87. The second kappa shape index (κ2) is 7.45. The van der Waals surface area contributed by atoms with Crippen molar-refractivity contribution in [1.82, 2.24) is 19.4 Å². The highest BCUT2D eigenvalue weighted by molar-refractivity contribution is 8.00. The van der Waals surface area contributed by atoms with E-state index in [1.807, 2.05) is 24.4 Å². The summed E-state index contributed by atoms with van der Waals surface area (Å²) in [4.78, 5) is 37.9. The zero-order chi connectivity index (χ0) is 18.8. The number of hydrogen-bond donors (Lipinski definition) is 0. The van der Waals surface area contributed by atoms with E-state index in [1.54, 1.807) is 12.3 Å². The molecular weight excluding hydrogens is 384 g/mol. The van der Waals surface area contributed by atoms with Crippen LogP contribution >= 0.6 is 23.1 Å². The summed E-state index contributed by atoms with van der Waals surface area (Å²) in [7, 11) is 0. The van der Waals surface area contributed by atoms with Crippen molar-refractivity contribution >= 4 is 44.9 Å². The average molecular weight is 398 g/mol. The average Bonchev–Trinajstić information content (AvgIpc) is 3.14. The van der Waals surface area contributed by atoms with E-state index in [2.05, 4.69) is 15.0 Å². The van der Waals surface area contributed by atoms with Crippen LogP contribution in [0.2, 0.25) is 0 Å². The third-order valence-corrected chi connectivity index (χ3v) is 5.59. The van der Waals surface area contributed by atoms with Crippen molar-refractivity contribution in [3.63, 3.8) is 0 Å². The molecule has 0 aliphatic rings. The molecule has 0 saturated carbocycles. The lowest BCUT2D eigenvalue weighted by Crippen LogP contribution is -2.17. The molecule has 0 fully saturated rings. The molecular formula is C18H14N4O3S2. The SMILES string of the molecule is Cc1ccc2nc(COC(=O)CSc3ncnc4sccc34)cc(=O)n2c1. The molecule has 4 heterocycles. The monoisotopic (exact) mass is 398 g/mol. The maximum absolute atomic E-state index is 12.2. The van der Waals surface area contributed by atoms with Crippen LogP contribution in [-0.4, -0.2) is 31.1 Å². The molecule has 0 atom stereocenters. The third kappa shape index (κ3) is 3.83. The summed E-state index contributed by atoms with van der Waals surface area (Å²) in [5.41, 5.74) is 1.70. The van der Waals surface area contributed by atoms with Gasteiger partial charge in [-0.15, -0.1) is 11.3 Å². The minimum absolute atomic E-state index is 0.0450. The predicted octanol–water partition coefficient (Wildman–Crippen LogP) is 2.84. The van der Waals surface area contributed by atoms with Gasteiger partial charge in [-0.3, -0.25) is 14.0 Å². The number of hydrogen-bond acceptors (Lipinski definition) is 8. The molecule has 0 unspecified atom stereocenters. The van der Waals surface area contributed by atoms with Gasteiger partial charge < -0.3 is 4.74 Å². The highest BCUT2D eigenvalue weighted by Crippen LogP contribution is 2.27. The minimum Gasteiger partial charge on any atom is -0.459 e. The van der Waals surface area contributed by atoms with E-state index in [4.69, 9.17) is 4.74 Å². The molecule has 9 heteroatoms. The van der Waals surface area contributed by atoms with Crippen LogP contribution < -0.4 is 5.56 Å². The summed E-state index contributed by atoms with van der Waals surface area (Å²) in [5, 5.41) is 3.61. The van der Waals surface area contributed by atoms with Crippen molar-refractivity contribution in [3.05, 3.63) is 63.8 Å². The molecule has 4 rings (SSSR count). The van der Waals surface area contributed by atoms with Crippen LogP contribution in [0.25, 0.3) is 15.9 Å². The second-order valence-electron chi connectivity index (χ2n) is 5.79. The van der Waals surface area contributed by atoms with Crippen molar-refractivity contribution in [1.29, 1.82) is 0 Å². The zero-order valence-corrected chi connectivity index (χ0v) is 15.9. The van der Waals surface area contributed by atoms with E-state index in [0.29, 0.717) is 11.3 Å². The number of carbonyl (C=O) groups is 1. The molecule has 4 aromatic heterocycles. The smallest absolute Gasteiger partial charge is 0.316 e. The summed E-state index contributed by atoms with van der Waals surface area (Å²) >= 11 is 2.83. The number of nitrogens with zero attached hydrogens (tertiary/aromatic N) is 4. The number of pyridine rings is 1. The number of rotatable bonds is 5. The van der Waals surface area contributed by atoms with Crippen LogP contribution in [0.15, 0.2) is 52.0 Å². The van der Waals surface area contributed by atoms with Crippen molar-refractivity contribution in [3.8, 4) is 0 Å². The van der Waals surface area contributed by atoms with Gasteiger partial charge in [0, 0.05) is 17.6 Å². The number of thioether (sulfide) groups is 1. The first-order chi connectivity index (χ1) is 13.1. The van der Waals surface area contributed by atoms with Gasteiger partial charge in [-0.1, -0.05) is 17.8 Å². The summed E-state index contributed by atoms with van der Waals surface area (Å²) < 4.78 is 6.73. The van der Waals surface area contributed by atoms with Gasteiger partial charge in [0.2, 0.25) is 0 Å². The fourth-order valence-electron chi connectivity index (χ4n) is 2.54. The molecule has 7 nitrogen and oxygen atoms in total. The molecule has 27 heavy (non-hydrogen) atoms. The van der Waals surface area contributed by atoms with E-state index in [0.717, 1.165) is 20.8 Å². The van der Waals surface area contributed by atoms with Gasteiger partial charge in [-0.25, -0.2) is 15.0 Å². The molecule has 0 bridgehead atoms. The van der Waals surface area contributed by atoms with E-state index >= 15 is 0 Å². The zero-order valence-electron chi connectivity index (χ0n) is 14.3. The lowest BCUT2D eigenvalue weighted by atomic mass is 10.3. The number of ether oxygens (including phenoxy) is 1. The molecule has 0 radical (unpaired) electrons. The van der Waals surface area contributed by atoms with Gasteiger partial charge >= 0.3 is 5.97 Å². The van der Waals surface area contributed by atoms with Gasteiger partial charge in [0.05, 0.1) is 11.4 Å². The number of fused-ring (bicyclic) bond motifs is 2. The molecule has 0 aromatic carbocycles. The first-order valence-electron chi connectivity index (χ1n) is 8.06. The first kappa shape index (κ1) is 17.6. The lowest BCUT2D eigenvalue weighted by Gasteiger charge is -2.06. The van der Waals surface area contributed by atoms with Crippen LogP contribution in [0.3, 0.4) is 0 Å². The Bertz CT molecular complexity index is 1200. The maximum Gasteiger partial charge on any atom is 0.316 e. The van der Waals surface area contributed by atoms with Crippen molar-refractivity contribution in [2.45, 2.75) is 18.6 Å². The normalized spacial score (nSPS) is 11.1. The van der Waals surface area contributed by atoms with Gasteiger partial charge in [0.1, 0.15) is 28.4 Å². The Morgan fingerprint density at radius 3 is 3.07 bits per heavy atom. The topological polar surface area (TPSA) is 86.4 Å². The standard InChI is InChI=1S/C18H14N4O3S2/c1-11-2-3-14-21-12(6-15(23)22(14)7-11)8-25-16(24)9-27-18-13-4-5-26-17(13)19-10-20-18/h2-7,10H,8-9H2,1H3. The molecule has 0 aliphatic carbocycles.